The number of aliphatic hydroxyl groups is 1. The van der Waals surface area contributed by atoms with E-state index in [2.05, 4.69) is 10.6 Å². The second-order valence-electron chi connectivity index (χ2n) is 8.73. The first-order valence-electron chi connectivity index (χ1n) is 10.6. The number of dihydropyridines is 1. The molecule has 1 aliphatic heterocycles. The molecule has 0 aliphatic carbocycles. The predicted octanol–water partition coefficient (Wildman–Crippen LogP) is 2.36. The van der Waals surface area contributed by atoms with E-state index in [-0.39, 0.29) is 23.2 Å². The van der Waals surface area contributed by atoms with Gasteiger partial charge in [-0.25, -0.2) is 9.59 Å². The molecule has 1 atom stereocenters. The van der Waals surface area contributed by atoms with Crippen molar-refractivity contribution in [2.75, 3.05) is 27.9 Å². The number of carbonyl (C=O) groups excluding carboxylic acids is 2. The van der Waals surface area contributed by atoms with Crippen molar-refractivity contribution in [3.63, 3.8) is 0 Å². The molecule has 182 valence electrons. The highest BCUT2D eigenvalue weighted by Gasteiger charge is 2.38. The van der Waals surface area contributed by atoms with Gasteiger partial charge in [0.1, 0.15) is 0 Å². The summed E-state index contributed by atoms with van der Waals surface area (Å²) in [6.45, 7) is 9.64. The maximum atomic E-state index is 12.7. The topological polar surface area (TPSA) is 115 Å². The molecule has 33 heavy (non-hydrogen) atoms. The number of hydrogen-bond donors (Lipinski definition) is 3. The van der Waals surface area contributed by atoms with Gasteiger partial charge in [-0.2, -0.15) is 0 Å². The Balaban J connectivity index is 2.49. The second kappa shape index (κ2) is 10.7. The summed E-state index contributed by atoms with van der Waals surface area (Å²) in [5.41, 5.74) is 2.13. The van der Waals surface area contributed by atoms with Crippen molar-refractivity contribution in [1.82, 2.24) is 10.6 Å². The zero-order valence-electron chi connectivity index (χ0n) is 20.5. The minimum absolute atomic E-state index is 0.184. The molecule has 0 amide bonds. The molecular weight excluding hydrogens is 428 g/mol. The lowest BCUT2D eigenvalue weighted by molar-refractivity contribution is -0.137. The molecular formula is C24H34N2O7. The largest absolute Gasteiger partial charge is 0.493 e. The summed E-state index contributed by atoms with van der Waals surface area (Å²) in [6, 6.07) is 5.01. The number of allylic oxidation sites excluding steroid dienone is 2. The fourth-order valence-electron chi connectivity index (χ4n) is 3.63. The Morgan fingerprint density at radius 1 is 1.03 bits per heavy atom. The minimum Gasteiger partial charge on any atom is -0.493 e. The molecule has 1 unspecified atom stereocenters. The molecule has 1 aromatic rings. The maximum absolute atomic E-state index is 12.7. The molecule has 9 heteroatoms. The Morgan fingerprint density at radius 2 is 1.58 bits per heavy atom. The molecule has 0 saturated carbocycles. The number of benzene rings is 1. The first-order chi connectivity index (χ1) is 15.4. The Hall–Kier alpha value is -3.04. The summed E-state index contributed by atoms with van der Waals surface area (Å²) in [4.78, 5) is 25.3. The van der Waals surface area contributed by atoms with Crippen LogP contribution in [0.1, 0.15) is 46.1 Å². The zero-order chi connectivity index (χ0) is 24.9. The van der Waals surface area contributed by atoms with E-state index in [1.807, 2.05) is 20.8 Å². The third-order valence-corrected chi connectivity index (χ3v) is 5.16. The van der Waals surface area contributed by atoms with Crippen LogP contribution in [0.5, 0.6) is 11.5 Å². The van der Waals surface area contributed by atoms with Crippen LogP contribution in [0, 0.1) is 0 Å². The molecule has 1 heterocycles. The molecule has 2 rings (SSSR count). The van der Waals surface area contributed by atoms with E-state index in [0.29, 0.717) is 28.5 Å². The molecule has 1 aromatic carbocycles. The maximum Gasteiger partial charge on any atom is 0.336 e. The van der Waals surface area contributed by atoms with Gasteiger partial charge in [0.2, 0.25) is 6.29 Å². The van der Waals surface area contributed by atoms with Crippen molar-refractivity contribution in [1.29, 1.82) is 0 Å². The molecule has 0 saturated heterocycles. The van der Waals surface area contributed by atoms with Gasteiger partial charge in [0.15, 0.2) is 11.5 Å². The highest BCUT2D eigenvalue weighted by molar-refractivity contribution is 5.99. The number of hydrogen-bond acceptors (Lipinski definition) is 9. The number of ether oxygens (including phenoxy) is 4. The van der Waals surface area contributed by atoms with Crippen molar-refractivity contribution in [3.8, 4) is 11.5 Å². The molecule has 9 nitrogen and oxygen atoms in total. The van der Waals surface area contributed by atoms with Crippen molar-refractivity contribution in [2.45, 2.75) is 52.4 Å². The Labute approximate surface area is 194 Å². The highest BCUT2D eigenvalue weighted by atomic mass is 16.6. The average molecular weight is 463 g/mol. The normalized spacial score (nSPS) is 15.7. The number of β-amino-alcohol motifs (C(OH)–C–C–N with tert-alkyl or cyclic N) is 1. The van der Waals surface area contributed by atoms with Crippen molar-refractivity contribution >= 4 is 11.9 Å². The summed E-state index contributed by atoms with van der Waals surface area (Å²) < 4.78 is 21.1. The van der Waals surface area contributed by atoms with Gasteiger partial charge in [0.25, 0.3) is 0 Å². The Kier molecular flexibility index (Phi) is 8.51. The van der Waals surface area contributed by atoms with Gasteiger partial charge in [-0.1, -0.05) is 6.07 Å². The lowest BCUT2D eigenvalue weighted by Crippen LogP contribution is -2.42. The van der Waals surface area contributed by atoms with Crippen LogP contribution in [0.2, 0.25) is 0 Å². The monoisotopic (exact) mass is 462 g/mol. The van der Waals surface area contributed by atoms with Crippen LogP contribution in [-0.4, -0.2) is 56.7 Å². The van der Waals surface area contributed by atoms with Gasteiger partial charge in [0.05, 0.1) is 44.9 Å². The quantitative estimate of drug-likeness (QED) is 0.395. The van der Waals surface area contributed by atoms with Crippen LogP contribution in [0.25, 0.3) is 0 Å². The number of carbonyl (C=O) groups is 2. The lowest BCUT2D eigenvalue weighted by Gasteiger charge is -2.30. The summed E-state index contributed by atoms with van der Waals surface area (Å²) in [5.74, 6) is -1.23. The van der Waals surface area contributed by atoms with Crippen LogP contribution in [0.3, 0.4) is 0 Å². The Morgan fingerprint density at radius 3 is 2.03 bits per heavy atom. The molecule has 3 N–H and O–H groups in total. The zero-order valence-corrected chi connectivity index (χ0v) is 20.5. The third-order valence-electron chi connectivity index (χ3n) is 5.16. The van der Waals surface area contributed by atoms with Crippen LogP contribution < -0.4 is 20.1 Å². The van der Waals surface area contributed by atoms with Crippen LogP contribution >= 0.6 is 0 Å². The van der Waals surface area contributed by atoms with Gasteiger partial charge < -0.3 is 34.7 Å². The lowest BCUT2D eigenvalue weighted by atomic mass is 9.80. The molecule has 0 fully saturated rings. The van der Waals surface area contributed by atoms with E-state index in [1.54, 1.807) is 32.0 Å². The van der Waals surface area contributed by atoms with E-state index in [0.717, 1.165) is 0 Å². The number of aliphatic hydroxyl groups excluding tert-OH is 1. The molecule has 0 aromatic heterocycles. The van der Waals surface area contributed by atoms with E-state index in [4.69, 9.17) is 18.9 Å². The number of esters is 2. The first-order valence-corrected chi connectivity index (χ1v) is 10.6. The molecule has 0 spiro atoms. The van der Waals surface area contributed by atoms with Crippen LogP contribution in [-0.2, 0) is 19.1 Å². The van der Waals surface area contributed by atoms with Crippen LogP contribution in [0.15, 0.2) is 40.7 Å². The average Bonchev–Trinajstić information content (AvgIpc) is 2.76. The summed E-state index contributed by atoms with van der Waals surface area (Å²) in [6.07, 6.45) is -1.11. The standard InChI is InChI=1S/C24H34N2O7/c1-13-19(22(28)31-7)21(20(14(2)26-13)23(29)32-8)15-9-10-16(17(11-15)30-6)33-18(27)12-25-24(3,4)5/h9-11,18,21,25-27H,12H2,1-8H3. The number of rotatable bonds is 8. The van der Waals surface area contributed by atoms with Crippen molar-refractivity contribution in [3.05, 3.63) is 46.3 Å². The second-order valence-corrected chi connectivity index (χ2v) is 8.73. The van der Waals surface area contributed by atoms with Gasteiger partial charge in [-0.15, -0.1) is 0 Å². The Bertz CT molecular complexity index is 922. The predicted molar refractivity (Wildman–Crippen MR) is 123 cm³/mol. The van der Waals surface area contributed by atoms with Gasteiger partial charge in [0, 0.05) is 16.9 Å². The summed E-state index contributed by atoms with van der Waals surface area (Å²) >= 11 is 0. The SMILES string of the molecule is COC(=O)C1=C(C)NC(C)=C(C(=O)OC)C1c1ccc(OC(O)CNC(C)(C)C)c(OC)c1. The van der Waals surface area contributed by atoms with E-state index < -0.39 is 24.1 Å². The third kappa shape index (κ3) is 6.27. The summed E-state index contributed by atoms with van der Waals surface area (Å²) in [5, 5.41) is 16.5. The molecule has 1 aliphatic rings. The molecule has 0 bridgehead atoms. The fourth-order valence-corrected chi connectivity index (χ4v) is 3.63. The number of methoxy groups -OCH3 is 3. The van der Waals surface area contributed by atoms with E-state index in [9.17, 15) is 14.7 Å². The molecule has 0 radical (unpaired) electrons. The smallest absolute Gasteiger partial charge is 0.336 e. The fraction of sp³-hybridized carbons (Fsp3) is 0.500. The van der Waals surface area contributed by atoms with Crippen LogP contribution in [0.4, 0.5) is 0 Å². The summed E-state index contributed by atoms with van der Waals surface area (Å²) in [7, 11) is 4.04. The highest BCUT2D eigenvalue weighted by Crippen LogP contribution is 2.42. The van der Waals surface area contributed by atoms with Crippen molar-refractivity contribution in [2.24, 2.45) is 0 Å². The number of nitrogens with one attached hydrogen (secondary N) is 2. The van der Waals surface area contributed by atoms with E-state index >= 15 is 0 Å². The van der Waals surface area contributed by atoms with Gasteiger partial charge >= 0.3 is 11.9 Å². The minimum atomic E-state index is -1.11. The first kappa shape index (κ1) is 26.2. The van der Waals surface area contributed by atoms with Crippen molar-refractivity contribution < 1.29 is 33.6 Å². The van der Waals surface area contributed by atoms with Gasteiger partial charge in [-0.3, -0.25) is 0 Å². The van der Waals surface area contributed by atoms with E-state index in [1.165, 1.54) is 21.3 Å². The van der Waals surface area contributed by atoms with Gasteiger partial charge in [-0.05, 0) is 52.3 Å².